The zero-order chi connectivity index (χ0) is 13.8. The summed E-state index contributed by atoms with van der Waals surface area (Å²) >= 11 is 0. The molecule has 4 heteroatoms. The van der Waals surface area contributed by atoms with Crippen molar-refractivity contribution in [2.24, 2.45) is 0 Å². The topological polar surface area (TPSA) is 71.1 Å². The monoisotopic (exact) mass is 253 g/mol. The van der Waals surface area contributed by atoms with E-state index in [0.29, 0.717) is 17.0 Å². The second kappa shape index (κ2) is 5.32. The molecule has 0 aliphatic rings. The summed E-state index contributed by atoms with van der Waals surface area (Å²) in [7, 11) is 1.57. The largest absolute Gasteiger partial charge is 0.495 e. The number of nitriles is 1. The van der Waals surface area contributed by atoms with E-state index in [1.807, 2.05) is 25.1 Å². The highest BCUT2D eigenvalue weighted by atomic mass is 16.5. The second-order valence-electron chi connectivity index (χ2n) is 4.24. The molecule has 0 aromatic heterocycles. The average Bonchev–Trinajstić information content (AvgIpc) is 2.42. The Morgan fingerprint density at radius 2 is 1.89 bits per heavy atom. The molecule has 0 saturated carbocycles. The number of rotatable bonds is 3. The maximum atomic E-state index is 8.87. The molecule has 2 aromatic carbocycles. The summed E-state index contributed by atoms with van der Waals surface area (Å²) in [5.74, 6) is 0.610. The number of nitrogens with two attached hydrogens (primary N) is 1. The number of nitrogen functional groups attached to an aromatic ring is 1. The maximum Gasteiger partial charge on any atom is 0.143 e. The number of nitrogens with one attached hydrogen (secondary N) is 1. The first-order valence-corrected chi connectivity index (χ1v) is 5.85. The minimum absolute atomic E-state index is 0.555. The fraction of sp³-hybridized carbons (Fsp3) is 0.133. The quantitative estimate of drug-likeness (QED) is 0.824. The van der Waals surface area contributed by atoms with Gasteiger partial charge in [0.2, 0.25) is 0 Å². The lowest BCUT2D eigenvalue weighted by atomic mass is 10.1. The number of hydrogen-bond acceptors (Lipinski definition) is 4. The SMILES string of the molecule is COc1cc(C#N)ccc1Nc1ccc(C)cc1N. The van der Waals surface area contributed by atoms with Gasteiger partial charge in [0.25, 0.3) is 0 Å². The number of aryl methyl sites for hydroxylation is 1. The van der Waals surface area contributed by atoms with E-state index in [1.165, 1.54) is 0 Å². The highest BCUT2D eigenvalue weighted by Gasteiger charge is 2.06. The van der Waals surface area contributed by atoms with Gasteiger partial charge in [0.05, 0.1) is 35.8 Å². The molecule has 4 nitrogen and oxygen atoms in total. The predicted molar refractivity (Wildman–Crippen MR) is 76.6 cm³/mol. The third kappa shape index (κ3) is 2.78. The van der Waals surface area contributed by atoms with Crippen molar-refractivity contribution in [2.75, 3.05) is 18.2 Å². The van der Waals surface area contributed by atoms with E-state index in [-0.39, 0.29) is 0 Å². The lowest BCUT2D eigenvalue weighted by Gasteiger charge is -2.13. The zero-order valence-electron chi connectivity index (χ0n) is 10.9. The standard InChI is InChI=1S/C15H15N3O/c1-10-3-5-13(12(17)7-10)18-14-6-4-11(9-16)8-15(14)19-2/h3-8,18H,17H2,1-2H3. The van der Waals surface area contributed by atoms with Crippen molar-refractivity contribution in [3.05, 3.63) is 47.5 Å². The van der Waals surface area contributed by atoms with Gasteiger partial charge in [0, 0.05) is 6.07 Å². The normalized spacial score (nSPS) is 9.74. The van der Waals surface area contributed by atoms with Crippen LogP contribution >= 0.6 is 0 Å². The van der Waals surface area contributed by atoms with Crippen LogP contribution in [0, 0.1) is 18.3 Å². The van der Waals surface area contributed by atoms with Crippen molar-refractivity contribution < 1.29 is 4.74 Å². The van der Waals surface area contributed by atoms with E-state index < -0.39 is 0 Å². The van der Waals surface area contributed by atoms with E-state index >= 15 is 0 Å². The molecule has 0 heterocycles. The summed E-state index contributed by atoms with van der Waals surface area (Å²) in [6, 6.07) is 13.1. The molecule has 0 saturated heterocycles. The first-order chi connectivity index (χ1) is 9.13. The molecule has 2 rings (SSSR count). The smallest absolute Gasteiger partial charge is 0.143 e. The first kappa shape index (κ1) is 12.8. The molecule has 0 aliphatic carbocycles. The van der Waals surface area contributed by atoms with E-state index in [2.05, 4.69) is 11.4 Å². The molecule has 0 spiro atoms. The fourth-order valence-electron chi connectivity index (χ4n) is 1.81. The van der Waals surface area contributed by atoms with Crippen LogP contribution in [0.5, 0.6) is 5.75 Å². The fourth-order valence-corrected chi connectivity index (χ4v) is 1.81. The van der Waals surface area contributed by atoms with Gasteiger partial charge >= 0.3 is 0 Å². The number of hydrogen-bond donors (Lipinski definition) is 2. The van der Waals surface area contributed by atoms with Crippen LogP contribution in [-0.4, -0.2) is 7.11 Å². The second-order valence-corrected chi connectivity index (χ2v) is 4.24. The third-order valence-electron chi connectivity index (χ3n) is 2.81. The van der Waals surface area contributed by atoms with Gasteiger partial charge in [0.15, 0.2) is 0 Å². The van der Waals surface area contributed by atoms with Crippen LogP contribution < -0.4 is 15.8 Å². The van der Waals surface area contributed by atoms with Gasteiger partial charge < -0.3 is 15.8 Å². The molecule has 0 atom stereocenters. The highest BCUT2D eigenvalue weighted by molar-refractivity contribution is 5.76. The molecule has 0 radical (unpaired) electrons. The molecule has 3 N–H and O–H groups in total. The number of methoxy groups -OCH3 is 1. The van der Waals surface area contributed by atoms with Gasteiger partial charge in [0.1, 0.15) is 5.75 Å². The minimum atomic E-state index is 0.555. The Hall–Kier alpha value is -2.67. The summed E-state index contributed by atoms with van der Waals surface area (Å²) in [6.07, 6.45) is 0. The maximum absolute atomic E-state index is 8.87. The number of benzene rings is 2. The number of anilines is 3. The van der Waals surface area contributed by atoms with Crippen LogP contribution in [0.4, 0.5) is 17.1 Å². The van der Waals surface area contributed by atoms with Crippen molar-refractivity contribution in [3.63, 3.8) is 0 Å². The average molecular weight is 253 g/mol. The summed E-state index contributed by atoms with van der Waals surface area (Å²) in [5.41, 5.74) is 9.88. The highest BCUT2D eigenvalue weighted by Crippen LogP contribution is 2.31. The lowest BCUT2D eigenvalue weighted by molar-refractivity contribution is 0.416. The van der Waals surface area contributed by atoms with Crippen molar-refractivity contribution in [1.82, 2.24) is 0 Å². The van der Waals surface area contributed by atoms with Gasteiger partial charge in [-0.15, -0.1) is 0 Å². The number of nitrogens with zero attached hydrogens (tertiary/aromatic N) is 1. The van der Waals surface area contributed by atoms with Gasteiger partial charge in [-0.1, -0.05) is 6.07 Å². The molecule has 0 fully saturated rings. The van der Waals surface area contributed by atoms with Crippen LogP contribution in [-0.2, 0) is 0 Å². The molecule has 0 aliphatic heterocycles. The molecule has 0 bridgehead atoms. The Labute approximate surface area is 112 Å². The first-order valence-electron chi connectivity index (χ1n) is 5.85. The van der Waals surface area contributed by atoms with Crippen molar-refractivity contribution in [3.8, 4) is 11.8 Å². The Kier molecular flexibility index (Phi) is 3.58. The summed E-state index contributed by atoms with van der Waals surface area (Å²) in [5, 5.41) is 12.1. The predicted octanol–water partition coefficient (Wildman–Crippen LogP) is 3.20. The van der Waals surface area contributed by atoms with Crippen LogP contribution in [0.25, 0.3) is 0 Å². The van der Waals surface area contributed by atoms with Crippen LogP contribution in [0.2, 0.25) is 0 Å². The lowest BCUT2D eigenvalue weighted by Crippen LogP contribution is -1.99. The van der Waals surface area contributed by atoms with E-state index in [4.69, 9.17) is 15.7 Å². The third-order valence-corrected chi connectivity index (χ3v) is 2.81. The molecule has 0 unspecified atom stereocenters. The molecule has 0 amide bonds. The molecular formula is C15H15N3O. The molecule has 2 aromatic rings. The van der Waals surface area contributed by atoms with Gasteiger partial charge in [-0.2, -0.15) is 5.26 Å². The molecule has 96 valence electrons. The van der Waals surface area contributed by atoms with Gasteiger partial charge in [-0.05, 0) is 36.8 Å². The molecular weight excluding hydrogens is 238 g/mol. The Balaban J connectivity index is 2.35. The summed E-state index contributed by atoms with van der Waals surface area (Å²) < 4.78 is 5.27. The van der Waals surface area contributed by atoms with Crippen molar-refractivity contribution >= 4 is 17.1 Å². The van der Waals surface area contributed by atoms with E-state index in [0.717, 1.165) is 16.9 Å². The van der Waals surface area contributed by atoms with Crippen LogP contribution in [0.1, 0.15) is 11.1 Å². The van der Waals surface area contributed by atoms with Crippen LogP contribution in [0.15, 0.2) is 36.4 Å². The van der Waals surface area contributed by atoms with E-state index in [1.54, 1.807) is 25.3 Å². The summed E-state index contributed by atoms with van der Waals surface area (Å²) in [6.45, 7) is 1.99. The zero-order valence-corrected chi connectivity index (χ0v) is 10.9. The van der Waals surface area contributed by atoms with Crippen LogP contribution in [0.3, 0.4) is 0 Å². The number of ether oxygens (including phenoxy) is 1. The van der Waals surface area contributed by atoms with Crippen molar-refractivity contribution in [1.29, 1.82) is 5.26 Å². The Morgan fingerprint density at radius 3 is 2.53 bits per heavy atom. The van der Waals surface area contributed by atoms with E-state index in [9.17, 15) is 0 Å². The van der Waals surface area contributed by atoms with Crippen molar-refractivity contribution in [2.45, 2.75) is 6.92 Å². The van der Waals surface area contributed by atoms with Gasteiger partial charge in [-0.3, -0.25) is 0 Å². The Morgan fingerprint density at radius 1 is 1.16 bits per heavy atom. The van der Waals surface area contributed by atoms with Gasteiger partial charge in [-0.25, -0.2) is 0 Å². The Bertz CT molecular complexity index is 644. The summed E-state index contributed by atoms with van der Waals surface area (Å²) in [4.78, 5) is 0. The molecule has 19 heavy (non-hydrogen) atoms. The minimum Gasteiger partial charge on any atom is -0.495 e.